The zero-order valence-corrected chi connectivity index (χ0v) is 47.6. The largest absolute Gasteiger partial charge is 0.459 e. The number of likely N-dealkylation sites (N-methyl/N-ethyl adjacent to an activating group) is 1. The Labute approximate surface area is 442 Å². The predicted molar refractivity (Wildman–Crippen MR) is 283 cm³/mol. The first-order chi connectivity index (χ1) is 34.2. The molecule has 3 aliphatic rings. The second kappa shape index (κ2) is 28.4. The van der Waals surface area contributed by atoms with Crippen LogP contribution in [0.5, 0.6) is 0 Å². The molecule has 0 amide bonds. The van der Waals surface area contributed by atoms with Gasteiger partial charge in [0.05, 0.1) is 53.5 Å². The number of cyclic esters (lactones) is 1. The molecule has 3 fully saturated rings. The van der Waals surface area contributed by atoms with Gasteiger partial charge in [0.2, 0.25) is 10.0 Å². The quantitative estimate of drug-likeness (QED) is 0.0447. The van der Waals surface area contributed by atoms with Crippen LogP contribution in [0.15, 0.2) is 29.2 Å². The van der Waals surface area contributed by atoms with Gasteiger partial charge in [-0.25, -0.2) is 8.42 Å². The highest BCUT2D eigenvalue weighted by molar-refractivity contribution is 7.89. The van der Waals surface area contributed by atoms with Crippen LogP contribution < -0.4 is 10.6 Å². The highest BCUT2D eigenvalue weighted by atomic mass is 32.2. The molecule has 17 atom stereocenters. The zero-order chi connectivity index (χ0) is 54.6. The van der Waals surface area contributed by atoms with Crippen molar-refractivity contribution in [2.75, 3.05) is 65.9 Å². The van der Waals surface area contributed by atoms with Gasteiger partial charge >= 0.3 is 5.97 Å². The van der Waals surface area contributed by atoms with Crippen molar-refractivity contribution in [2.45, 2.75) is 210 Å². The van der Waals surface area contributed by atoms with E-state index in [0.29, 0.717) is 56.4 Å². The molecule has 4 rings (SSSR count). The molecule has 1 aromatic rings. The summed E-state index contributed by atoms with van der Waals surface area (Å²) < 4.78 is 65.7. The Morgan fingerprint density at radius 2 is 1.67 bits per heavy atom. The lowest BCUT2D eigenvalue weighted by molar-refractivity contribution is -0.306. The van der Waals surface area contributed by atoms with E-state index in [2.05, 4.69) is 10.6 Å². The fraction of sp³-hybridized carbons (Fsp3) is 0.846. The number of carbonyl (C=O) groups is 1. The highest BCUT2D eigenvalue weighted by Gasteiger charge is 2.51. The van der Waals surface area contributed by atoms with Crippen molar-refractivity contribution in [2.24, 2.45) is 17.8 Å². The Hall–Kier alpha value is -2.19. The Morgan fingerprint density at radius 3 is 2.26 bits per heavy atom. The third-order valence-corrected chi connectivity index (χ3v) is 17.3. The molecule has 73 heavy (non-hydrogen) atoms. The van der Waals surface area contributed by atoms with Crippen molar-refractivity contribution in [3.8, 4) is 0 Å². The maximum atomic E-state index is 14.6. The van der Waals surface area contributed by atoms with Gasteiger partial charge in [0.1, 0.15) is 23.9 Å². The standard InChI is InChI=1S/C52H93N5O14S2/c1-14-42-52(10,63)46(60)36(6)56(25-18-24-53-50(72)54-39-19-21-40(22-20-39)73(64,65)57-26-16-15-17-27-57)31-32(2)30-51(9,62)47(71-49-44(59)41(55(11)12)29-33(3)67-49)34(4)45(35(5)48(61)69-42)70-43(23-28-66-13)68-38(8)37(7)58/h19-22,32-38,41-47,49,58-60,62-63H,14-18,23-31H2,1-13H3,(H2,53,54,72)/t32-,33-,34+,35-,36-,37-,38+,41+,42-,43+,44-,45+,46-,47-,49+,51-,52-/m1/s1. The van der Waals surface area contributed by atoms with E-state index < -0.39 is 100 Å². The smallest absolute Gasteiger partial charge is 0.311 e. The normalized spacial score (nSPS) is 35.3. The highest BCUT2D eigenvalue weighted by Crippen LogP contribution is 2.38. The van der Waals surface area contributed by atoms with Crippen molar-refractivity contribution in [1.82, 2.24) is 19.4 Å². The summed E-state index contributed by atoms with van der Waals surface area (Å²) in [5, 5.41) is 66.2. The molecule has 21 heteroatoms. The third kappa shape index (κ3) is 17.4. The number of anilines is 1. The van der Waals surface area contributed by atoms with Gasteiger partial charge in [0, 0.05) is 69.9 Å². The fourth-order valence-corrected chi connectivity index (χ4v) is 12.4. The second-order valence-corrected chi connectivity index (χ2v) is 24.1. The molecule has 0 radical (unpaired) electrons. The number of methoxy groups -OCH3 is 1. The average molecular weight is 1080 g/mol. The van der Waals surface area contributed by atoms with Crippen LogP contribution in [0, 0.1) is 17.8 Å². The van der Waals surface area contributed by atoms with Crippen LogP contribution in [0.2, 0.25) is 0 Å². The van der Waals surface area contributed by atoms with Gasteiger partial charge in [-0.3, -0.25) is 9.69 Å². The molecule has 0 spiro atoms. The van der Waals surface area contributed by atoms with E-state index in [-0.39, 0.29) is 48.8 Å². The van der Waals surface area contributed by atoms with Gasteiger partial charge in [0.25, 0.3) is 0 Å². The number of nitrogens with zero attached hydrogens (tertiary/aromatic N) is 3. The first-order valence-corrected chi connectivity index (χ1v) is 28.4. The number of esters is 1. The Kier molecular flexibility index (Phi) is 24.7. The molecule has 0 saturated carbocycles. The van der Waals surface area contributed by atoms with Gasteiger partial charge < -0.3 is 69.5 Å². The number of aliphatic hydroxyl groups is 5. The van der Waals surface area contributed by atoms with E-state index in [4.69, 9.17) is 40.6 Å². The Morgan fingerprint density at radius 1 is 1.03 bits per heavy atom. The van der Waals surface area contributed by atoms with Crippen LogP contribution in [0.25, 0.3) is 0 Å². The fourth-order valence-electron chi connectivity index (χ4n) is 10.7. The lowest BCUT2D eigenvalue weighted by Crippen LogP contribution is -2.59. The van der Waals surface area contributed by atoms with Crippen LogP contribution in [0.4, 0.5) is 5.69 Å². The van der Waals surface area contributed by atoms with Crippen LogP contribution in [0.3, 0.4) is 0 Å². The number of aliphatic hydroxyl groups excluding tert-OH is 3. The van der Waals surface area contributed by atoms with Crippen LogP contribution in [-0.4, -0.2) is 204 Å². The number of rotatable bonds is 19. The van der Waals surface area contributed by atoms with Gasteiger partial charge in [-0.2, -0.15) is 4.31 Å². The molecule has 3 aliphatic heterocycles. The molecule has 0 bridgehead atoms. The van der Waals surface area contributed by atoms with E-state index in [1.807, 2.05) is 44.7 Å². The Balaban J connectivity index is 1.66. The molecule has 0 aliphatic carbocycles. The first kappa shape index (κ1) is 63.3. The summed E-state index contributed by atoms with van der Waals surface area (Å²) in [4.78, 5) is 18.8. The minimum Gasteiger partial charge on any atom is -0.459 e. The number of hydrogen-bond donors (Lipinski definition) is 7. The van der Waals surface area contributed by atoms with Gasteiger partial charge in [-0.05, 0) is 143 Å². The summed E-state index contributed by atoms with van der Waals surface area (Å²) in [5.74, 6) is -2.92. The minimum absolute atomic E-state index is 0.142. The molecule has 7 N–H and O–H groups in total. The van der Waals surface area contributed by atoms with Gasteiger partial charge in [-0.15, -0.1) is 0 Å². The van der Waals surface area contributed by atoms with Gasteiger partial charge in [-0.1, -0.05) is 27.2 Å². The summed E-state index contributed by atoms with van der Waals surface area (Å²) in [7, 11) is 1.70. The van der Waals surface area contributed by atoms with Crippen molar-refractivity contribution in [3.05, 3.63) is 24.3 Å². The van der Waals surface area contributed by atoms with E-state index in [9.17, 15) is 38.7 Å². The zero-order valence-electron chi connectivity index (χ0n) is 45.9. The van der Waals surface area contributed by atoms with Crippen molar-refractivity contribution >= 4 is 39.0 Å². The van der Waals surface area contributed by atoms with Gasteiger partial charge in [0.15, 0.2) is 17.7 Å². The van der Waals surface area contributed by atoms with Crippen molar-refractivity contribution < 1.29 is 67.2 Å². The van der Waals surface area contributed by atoms with E-state index >= 15 is 0 Å². The molecule has 0 aromatic heterocycles. The molecule has 19 nitrogen and oxygen atoms in total. The molecule has 1 aromatic carbocycles. The lowest BCUT2D eigenvalue weighted by Gasteiger charge is -2.47. The number of ether oxygens (including phenoxy) is 6. The number of benzene rings is 1. The summed E-state index contributed by atoms with van der Waals surface area (Å²) in [6.45, 7) is 19.8. The SMILES string of the molecule is CC[C@H]1OC(=O)[C@H](C)[C@@H](O[C@@H](CCOC)O[C@@H](C)[C@@H](C)O)[C@H](C)[C@@H](O[C@@H]2O[C@H](C)C[C@H](N(C)C)[C@H]2O)[C@](C)(O)C[C@@H](C)CN(CCCNC(=S)Nc2ccc(S(=O)(=O)N3CCCCC3)cc2)[C@H](C)[C@@H](O)[C@]1(C)O. The number of thiocarbonyl (C=S) groups is 1. The Bertz CT molecular complexity index is 1940. The molecule has 3 heterocycles. The maximum Gasteiger partial charge on any atom is 0.311 e. The molecule has 0 unspecified atom stereocenters. The minimum atomic E-state index is -3.58. The third-order valence-electron chi connectivity index (χ3n) is 15.1. The molecule has 422 valence electrons. The average Bonchev–Trinajstić information content (AvgIpc) is 3.33. The monoisotopic (exact) mass is 1080 g/mol. The summed E-state index contributed by atoms with van der Waals surface area (Å²) >= 11 is 5.63. The second-order valence-electron chi connectivity index (χ2n) is 21.8. The number of nitrogens with one attached hydrogen (secondary N) is 2. The van der Waals surface area contributed by atoms with Crippen molar-refractivity contribution in [3.63, 3.8) is 0 Å². The summed E-state index contributed by atoms with van der Waals surface area (Å²) in [6, 6.07) is 5.51. The number of carbonyl (C=O) groups excluding carboxylic acids is 1. The number of hydrogen-bond acceptors (Lipinski definition) is 17. The molecular formula is C52H93N5O14S2. The van der Waals surface area contributed by atoms with Crippen LogP contribution in [0.1, 0.15) is 121 Å². The summed E-state index contributed by atoms with van der Waals surface area (Å²) in [5.41, 5.74) is -2.98. The maximum absolute atomic E-state index is 14.6. The topological polar surface area (TPSA) is 242 Å². The molecule has 3 saturated heterocycles. The van der Waals surface area contributed by atoms with E-state index in [1.165, 1.54) is 18.3 Å². The van der Waals surface area contributed by atoms with E-state index in [0.717, 1.165) is 19.3 Å². The predicted octanol–water partition coefficient (Wildman–Crippen LogP) is 4.07. The number of sulfonamides is 1. The lowest BCUT2D eigenvalue weighted by atomic mass is 9.77. The first-order valence-electron chi connectivity index (χ1n) is 26.5. The van der Waals surface area contributed by atoms with Crippen molar-refractivity contribution in [1.29, 1.82) is 0 Å². The van der Waals surface area contributed by atoms with Crippen LogP contribution >= 0.6 is 12.2 Å². The summed E-state index contributed by atoms with van der Waals surface area (Å²) in [6.07, 6.45) is -5.63. The van der Waals surface area contributed by atoms with Crippen LogP contribution in [-0.2, 0) is 43.2 Å². The van der Waals surface area contributed by atoms with E-state index in [1.54, 1.807) is 65.8 Å². The number of piperidine rings is 1. The molecular weight excluding hydrogens is 983 g/mol.